The second kappa shape index (κ2) is 7.78. The molecule has 0 saturated carbocycles. The van der Waals surface area contributed by atoms with Crippen LogP contribution in [-0.2, 0) is 11.2 Å². The van der Waals surface area contributed by atoms with Crippen LogP contribution >= 0.6 is 11.3 Å². The van der Waals surface area contributed by atoms with Gasteiger partial charge in [-0.15, -0.1) is 10.2 Å². The van der Waals surface area contributed by atoms with Crippen LogP contribution in [0.5, 0.6) is 11.5 Å². The summed E-state index contributed by atoms with van der Waals surface area (Å²) in [6.45, 7) is 2.60. The molecule has 1 aromatic carbocycles. The molecule has 142 valence electrons. The van der Waals surface area contributed by atoms with Gasteiger partial charge in [-0.1, -0.05) is 11.3 Å². The minimum absolute atomic E-state index is 0.0518. The number of ether oxygens (including phenoxy) is 2. The predicted molar refractivity (Wildman–Crippen MR) is 99.5 cm³/mol. The Morgan fingerprint density at radius 2 is 1.85 bits per heavy atom. The first kappa shape index (κ1) is 17.5. The number of hydrogen-bond acceptors (Lipinski definition) is 7. The number of aromatic nitrogens is 2. The van der Waals surface area contributed by atoms with E-state index in [0.717, 1.165) is 25.9 Å². The molecular weight excluding hydrogens is 370 g/mol. The van der Waals surface area contributed by atoms with E-state index in [1.54, 1.807) is 18.2 Å². The van der Waals surface area contributed by atoms with Crippen LogP contribution in [0.3, 0.4) is 0 Å². The number of fused-ring (bicyclic) bond motifs is 1. The van der Waals surface area contributed by atoms with Gasteiger partial charge in [0.05, 0.1) is 6.42 Å². The first-order valence-electron chi connectivity index (χ1n) is 8.75. The molecule has 0 atom stereocenters. The molecule has 4 rings (SSSR count). The van der Waals surface area contributed by atoms with Gasteiger partial charge in [-0.2, -0.15) is 0 Å². The smallest absolute Gasteiger partial charge is 0.325 e. The van der Waals surface area contributed by atoms with Crippen molar-refractivity contribution in [3.63, 3.8) is 0 Å². The van der Waals surface area contributed by atoms with Crippen LogP contribution in [0.2, 0.25) is 0 Å². The van der Waals surface area contributed by atoms with Gasteiger partial charge in [0.2, 0.25) is 11.0 Å². The Morgan fingerprint density at radius 3 is 2.67 bits per heavy atom. The topological polar surface area (TPSA) is 106 Å². The molecule has 10 heteroatoms. The number of amides is 3. The van der Waals surface area contributed by atoms with Crippen molar-refractivity contribution in [3.05, 3.63) is 23.2 Å². The lowest BCUT2D eigenvalue weighted by Gasteiger charge is -2.18. The third kappa shape index (κ3) is 4.27. The van der Waals surface area contributed by atoms with Crippen molar-refractivity contribution in [1.82, 2.24) is 15.1 Å². The van der Waals surface area contributed by atoms with Gasteiger partial charge in [0.25, 0.3) is 0 Å². The fraction of sp³-hybridized carbons (Fsp3) is 0.412. The Kier molecular flexibility index (Phi) is 5.05. The summed E-state index contributed by atoms with van der Waals surface area (Å²) in [4.78, 5) is 26.1. The fourth-order valence-corrected chi connectivity index (χ4v) is 3.69. The summed E-state index contributed by atoms with van der Waals surface area (Å²) >= 11 is 1.20. The maximum absolute atomic E-state index is 12.2. The summed E-state index contributed by atoms with van der Waals surface area (Å²) in [6.07, 6.45) is 2.31. The number of hydrogen-bond donors (Lipinski definition) is 2. The van der Waals surface area contributed by atoms with Crippen LogP contribution in [0, 0.1) is 0 Å². The number of likely N-dealkylation sites (tertiary alicyclic amines) is 1. The molecule has 0 unspecified atom stereocenters. The second-order valence-electron chi connectivity index (χ2n) is 6.20. The van der Waals surface area contributed by atoms with Gasteiger partial charge < -0.3 is 19.7 Å². The molecule has 9 nitrogen and oxygen atoms in total. The maximum Gasteiger partial charge on any atom is 0.325 e. The lowest BCUT2D eigenvalue weighted by Crippen LogP contribution is -2.28. The molecule has 0 radical (unpaired) electrons. The molecule has 1 aromatic heterocycles. The standard InChI is InChI=1S/C17H19N5O4S/c23-15(22-5-1-2-6-22)10-14-20-21-17(27-14)19-16(24)18-11-3-4-12-13(9-11)26-8-7-25-12/h3-4,9H,1-2,5-8,10H2,(H2,18,19,21,24). The number of carbonyl (C=O) groups excluding carboxylic acids is 2. The Morgan fingerprint density at radius 1 is 1.07 bits per heavy atom. The van der Waals surface area contributed by atoms with Crippen molar-refractivity contribution in [1.29, 1.82) is 0 Å². The number of urea groups is 1. The molecule has 27 heavy (non-hydrogen) atoms. The SMILES string of the molecule is O=C(Nc1ccc2c(c1)OCCO2)Nc1nnc(CC(=O)N2CCCC2)s1. The molecule has 2 aliphatic heterocycles. The van der Waals surface area contributed by atoms with E-state index in [1.807, 2.05) is 4.90 Å². The fourth-order valence-electron chi connectivity index (χ4n) is 2.96. The van der Waals surface area contributed by atoms with E-state index in [0.29, 0.717) is 40.5 Å². The van der Waals surface area contributed by atoms with Crippen LogP contribution in [0.1, 0.15) is 17.8 Å². The average Bonchev–Trinajstić information content (AvgIpc) is 3.34. The van der Waals surface area contributed by atoms with Crippen molar-refractivity contribution >= 4 is 34.1 Å². The van der Waals surface area contributed by atoms with Crippen molar-refractivity contribution in [3.8, 4) is 11.5 Å². The molecule has 0 spiro atoms. The third-order valence-electron chi connectivity index (χ3n) is 4.25. The van der Waals surface area contributed by atoms with Crippen LogP contribution in [-0.4, -0.2) is 53.3 Å². The molecule has 1 fully saturated rings. The van der Waals surface area contributed by atoms with Gasteiger partial charge in [-0.3, -0.25) is 10.1 Å². The Hall–Kier alpha value is -2.88. The van der Waals surface area contributed by atoms with E-state index in [9.17, 15) is 9.59 Å². The quantitative estimate of drug-likeness (QED) is 0.830. The second-order valence-corrected chi connectivity index (χ2v) is 7.27. The molecular formula is C17H19N5O4S. The maximum atomic E-state index is 12.2. The molecule has 2 N–H and O–H groups in total. The molecule has 0 bridgehead atoms. The normalized spacial score (nSPS) is 15.5. The van der Waals surface area contributed by atoms with E-state index in [1.165, 1.54) is 11.3 Å². The minimum Gasteiger partial charge on any atom is -0.486 e. The predicted octanol–water partition coefficient (Wildman–Crippen LogP) is 2.12. The van der Waals surface area contributed by atoms with E-state index >= 15 is 0 Å². The van der Waals surface area contributed by atoms with Crippen LogP contribution in [0.25, 0.3) is 0 Å². The number of benzene rings is 1. The van der Waals surface area contributed by atoms with Gasteiger partial charge in [-0.25, -0.2) is 4.79 Å². The molecule has 1 saturated heterocycles. The van der Waals surface area contributed by atoms with Gasteiger partial charge in [-0.05, 0) is 25.0 Å². The Balaban J connectivity index is 1.32. The molecule has 3 heterocycles. The Bertz CT molecular complexity index is 850. The summed E-state index contributed by atoms with van der Waals surface area (Å²) in [5.74, 6) is 1.30. The highest BCUT2D eigenvalue weighted by molar-refractivity contribution is 7.15. The minimum atomic E-state index is -0.444. The number of nitrogens with zero attached hydrogens (tertiary/aromatic N) is 3. The highest BCUT2D eigenvalue weighted by Gasteiger charge is 2.20. The van der Waals surface area contributed by atoms with Gasteiger partial charge in [0.15, 0.2) is 11.5 Å². The summed E-state index contributed by atoms with van der Waals surface area (Å²) in [7, 11) is 0. The van der Waals surface area contributed by atoms with Crippen LogP contribution < -0.4 is 20.1 Å². The first-order chi connectivity index (χ1) is 13.2. The summed E-state index contributed by atoms with van der Waals surface area (Å²) in [5, 5.41) is 14.2. The van der Waals surface area contributed by atoms with E-state index in [4.69, 9.17) is 9.47 Å². The van der Waals surface area contributed by atoms with E-state index in [2.05, 4.69) is 20.8 Å². The largest absolute Gasteiger partial charge is 0.486 e. The highest BCUT2D eigenvalue weighted by atomic mass is 32.1. The summed E-state index contributed by atoms with van der Waals surface area (Å²) in [5.41, 5.74) is 0.575. The molecule has 3 amide bonds. The number of rotatable bonds is 4. The van der Waals surface area contributed by atoms with Crippen molar-refractivity contribution in [2.24, 2.45) is 0 Å². The number of nitrogens with one attached hydrogen (secondary N) is 2. The van der Waals surface area contributed by atoms with E-state index in [-0.39, 0.29) is 12.3 Å². The van der Waals surface area contributed by atoms with E-state index < -0.39 is 6.03 Å². The highest BCUT2D eigenvalue weighted by Crippen LogP contribution is 2.32. The van der Waals surface area contributed by atoms with Crippen LogP contribution in [0.15, 0.2) is 18.2 Å². The zero-order chi connectivity index (χ0) is 18.6. The average molecular weight is 389 g/mol. The zero-order valence-corrected chi connectivity index (χ0v) is 15.4. The summed E-state index contributed by atoms with van der Waals surface area (Å²) < 4.78 is 10.9. The lowest BCUT2D eigenvalue weighted by atomic mass is 10.2. The molecule has 0 aliphatic carbocycles. The van der Waals surface area contributed by atoms with Gasteiger partial charge >= 0.3 is 6.03 Å². The molecule has 2 aromatic rings. The van der Waals surface area contributed by atoms with Crippen molar-refractivity contribution in [2.45, 2.75) is 19.3 Å². The summed E-state index contributed by atoms with van der Waals surface area (Å²) in [6, 6.07) is 4.74. The third-order valence-corrected chi connectivity index (χ3v) is 5.09. The molecule has 2 aliphatic rings. The monoisotopic (exact) mass is 389 g/mol. The van der Waals surface area contributed by atoms with Gasteiger partial charge in [0, 0.05) is 24.8 Å². The number of carbonyl (C=O) groups is 2. The zero-order valence-electron chi connectivity index (χ0n) is 14.6. The first-order valence-corrected chi connectivity index (χ1v) is 9.57. The lowest BCUT2D eigenvalue weighted by molar-refractivity contribution is -0.129. The van der Waals surface area contributed by atoms with Crippen LogP contribution in [0.4, 0.5) is 15.6 Å². The number of anilines is 2. The Labute approximate surface area is 159 Å². The van der Waals surface area contributed by atoms with Crippen molar-refractivity contribution in [2.75, 3.05) is 36.9 Å². The van der Waals surface area contributed by atoms with Crippen molar-refractivity contribution < 1.29 is 19.1 Å². The van der Waals surface area contributed by atoms with Gasteiger partial charge in [0.1, 0.15) is 18.2 Å².